The number of aromatic nitrogens is 4. The first-order valence-electron chi connectivity index (χ1n) is 12.8. The predicted molar refractivity (Wildman–Crippen MR) is 146 cm³/mol. The molecule has 10 nitrogen and oxygen atoms in total. The van der Waals surface area contributed by atoms with Crippen molar-refractivity contribution in [3.63, 3.8) is 0 Å². The van der Waals surface area contributed by atoms with Crippen LogP contribution in [-0.4, -0.2) is 42.7 Å². The Hall–Kier alpha value is -3.13. The first-order valence-corrected chi connectivity index (χ1v) is 13.6. The average molecular weight is 557 g/mol. The zero-order valence-electron chi connectivity index (χ0n) is 21.0. The highest BCUT2D eigenvalue weighted by Gasteiger charge is 2.38. The molecule has 2 saturated carbocycles. The SMILES string of the molecule is CC1(C(N)=O)CCC(n2c(Nc3c(Cl)cc(C#N)cc3Cl)nc3cnc(N[C@@H]4CCC[C@@H](O)C4)nc32)CC1. The molecule has 3 aromatic rings. The highest BCUT2D eigenvalue weighted by atomic mass is 35.5. The summed E-state index contributed by atoms with van der Waals surface area (Å²) in [5, 5.41) is 26.5. The van der Waals surface area contributed by atoms with E-state index < -0.39 is 5.41 Å². The third-order valence-corrected chi connectivity index (χ3v) is 8.44. The molecule has 0 saturated heterocycles. The van der Waals surface area contributed by atoms with Crippen LogP contribution in [0, 0.1) is 16.7 Å². The Morgan fingerprint density at radius 1 is 1.21 bits per heavy atom. The molecule has 38 heavy (non-hydrogen) atoms. The van der Waals surface area contributed by atoms with Gasteiger partial charge in [-0.2, -0.15) is 10.2 Å². The smallest absolute Gasteiger partial charge is 0.224 e. The van der Waals surface area contributed by atoms with E-state index in [1.165, 1.54) is 0 Å². The fraction of sp³-hybridized carbons (Fsp3) is 0.500. The molecule has 2 aliphatic rings. The number of aliphatic hydroxyl groups is 1. The zero-order valence-corrected chi connectivity index (χ0v) is 22.6. The number of rotatable bonds is 6. The summed E-state index contributed by atoms with van der Waals surface area (Å²) in [6.07, 6.45) is 7.38. The number of carbonyl (C=O) groups is 1. The molecule has 2 fully saturated rings. The first-order chi connectivity index (χ1) is 18.2. The van der Waals surface area contributed by atoms with Crippen LogP contribution in [0.4, 0.5) is 17.6 Å². The number of aliphatic hydroxyl groups excluding tert-OH is 1. The number of anilines is 3. The van der Waals surface area contributed by atoms with Gasteiger partial charge in [-0.05, 0) is 63.5 Å². The number of nitrogens with zero attached hydrogens (tertiary/aromatic N) is 5. The minimum Gasteiger partial charge on any atom is -0.393 e. The van der Waals surface area contributed by atoms with Gasteiger partial charge in [0.15, 0.2) is 5.65 Å². The van der Waals surface area contributed by atoms with Gasteiger partial charge in [0.25, 0.3) is 0 Å². The number of nitrogens with one attached hydrogen (secondary N) is 2. The third kappa shape index (κ3) is 5.23. The van der Waals surface area contributed by atoms with Crippen LogP contribution in [0.5, 0.6) is 0 Å². The largest absolute Gasteiger partial charge is 0.393 e. The van der Waals surface area contributed by atoms with E-state index in [0.717, 1.165) is 19.3 Å². The number of carbonyl (C=O) groups excluding carboxylic acids is 1. The van der Waals surface area contributed by atoms with Crippen molar-refractivity contribution in [2.75, 3.05) is 10.6 Å². The fourth-order valence-corrected chi connectivity index (χ4v) is 6.07. The molecule has 12 heteroatoms. The molecule has 0 spiro atoms. The lowest BCUT2D eigenvalue weighted by atomic mass is 9.73. The molecule has 2 heterocycles. The lowest BCUT2D eigenvalue weighted by Crippen LogP contribution is -2.38. The molecule has 5 N–H and O–H groups in total. The molecule has 0 aliphatic heterocycles. The summed E-state index contributed by atoms with van der Waals surface area (Å²) in [6, 6.07) is 5.22. The van der Waals surface area contributed by atoms with Gasteiger partial charge in [0, 0.05) is 17.5 Å². The maximum absolute atomic E-state index is 12.1. The van der Waals surface area contributed by atoms with Gasteiger partial charge >= 0.3 is 0 Å². The summed E-state index contributed by atoms with van der Waals surface area (Å²) >= 11 is 12.9. The molecule has 1 amide bonds. The van der Waals surface area contributed by atoms with Gasteiger partial charge in [0.2, 0.25) is 17.8 Å². The normalized spacial score (nSPS) is 25.6. The Bertz CT molecular complexity index is 1390. The Kier molecular flexibility index (Phi) is 7.36. The second-order valence-corrected chi connectivity index (χ2v) is 11.4. The highest BCUT2D eigenvalue weighted by molar-refractivity contribution is 6.39. The number of nitriles is 1. The van der Waals surface area contributed by atoms with Gasteiger partial charge in [-0.25, -0.2) is 9.97 Å². The van der Waals surface area contributed by atoms with E-state index in [2.05, 4.69) is 15.6 Å². The first kappa shape index (κ1) is 26.5. The van der Waals surface area contributed by atoms with Crippen LogP contribution < -0.4 is 16.4 Å². The van der Waals surface area contributed by atoms with Crippen molar-refractivity contribution >= 4 is 57.9 Å². The molecule has 0 unspecified atom stereocenters. The second kappa shape index (κ2) is 10.6. The molecule has 200 valence electrons. The van der Waals surface area contributed by atoms with Crippen molar-refractivity contribution in [1.29, 1.82) is 5.26 Å². The Morgan fingerprint density at radius 2 is 1.92 bits per heavy atom. The second-order valence-electron chi connectivity index (χ2n) is 10.6. The van der Waals surface area contributed by atoms with E-state index in [1.807, 2.05) is 17.6 Å². The van der Waals surface area contributed by atoms with Crippen LogP contribution in [0.1, 0.15) is 69.9 Å². The van der Waals surface area contributed by atoms with Crippen molar-refractivity contribution in [1.82, 2.24) is 19.5 Å². The summed E-state index contributed by atoms with van der Waals surface area (Å²) in [5.41, 5.74) is 7.15. The summed E-state index contributed by atoms with van der Waals surface area (Å²) in [7, 11) is 0. The molecule has 1 aromatic carbocycles. The van der Waals surface area contributed by atoms with E-state index in [1.54, 1.807) is 18.3 Å². The van der Waals surface area contributed by atoms with Crippen molar-refractivity contribution in [2.24, 2.45) is 11.1 Å². The maximum atomic E-state index is 12.1. The van der Waals surface area contributed by atoms with Crippen LogP contribution in [-0.2, 0) is 4.79 Å². The average Bonchev–Trinajstić information content (AvgIpc) is 3.23. The third-order valence-electron chi connectivity index (χ3n) is 7.84. The molecule has 2 atom stereocenters. The minimum atomic E-state index is -0.552. The zero-order chi connectivity index (χ0) is 27.0. The van der Waals surface area contributed by atoms with Gasteiger partial charge < -0.3 is 21.5 Å². The van der Waals surface area contributed by atoms with Crippen molar-refractivity contribution in [2.45, 2.75) is 76.5 Å². The van der Waals surface area contributed by atoms with E-state index in [0.29, 0.717) is 76.5 Å². The van der Waals surface area contributed by atoms with E-state index >= 15 is 0 Å². The standard InChI is InChI=1S/C26H30Cl2N8O2/c1-26(23(30)38)7-5-16(6-8-26)36-22-20(13-31-24(35-22)32-15-3-2-4-17(37)11-15)33-25(36)34-21-18(27)9-14(12-29)10-19(21)28/h9-10,13,15-17,37H,2-8,11H2,1H3,(H2,30,38)(H,33,34)(H,31,32,35)/t15-,16?,17-,26?/m1/s1. The molecule has 2 aliphatic carbocycles. The molecular formula is C26H30Cl2N8O2. The number of amides is 1. The topological polar surface area (TPSA) is 155 Å². The summed E-state index contributed by atoms with van der Waals surface area (Å²) in [5.74, 6) is 0.668. The monoisotopic (exact) mass is 556 g/mol. The van der Waals surface area contributed by atoms with E-state index in [9.17, 15) is 15.2 Å². The van der Waals surface area contributed by atoms with Crippen LogP contribution in [0.3, 0.4) is 0 Å². The Morgan fingerprint density at radius 3 is 2.55 bits per heavy atom. The maximum Gasteiger partial charge on any atom is 0.224 e. The summed E-state index contributed by atoms with van der Waals surface area (Å²) in [4.78, 5) is 26.1. The molecule has 5 rings (SSSR count). The Labute approximate surface area is 230 Å². The van der Waals surface area contributed by atoms with Gasteiger partial charge in [0.1, 0.15) is 5.52 Å². The van der Waals surface area contributed by atoms with Crippen LogP contribution in [0.15, 0.2) is 18.3 Å². The Balaban J connectivity index is 1.53. The lowest BCUT2D eigenvalue weighted by Gasteiger charge is -2.35. The van der Waals surface area contributed by atoms with Crippen LogP contribution in [0.2, 0.25) is 10.0 Å². The van der Waals surface area contributed by atoms with Crippen molar-refractivity contribution < 1.29 is 9.90 Å². The quantitative estimate of drug-likeness (QED) is 0.328. The number of imidazole rings is 1. The van der Waals surface area contributed by atoms with Crippen LogP contribution >= 0.6 is 23.2 Å². The van der Waals surface area contributed by atoms with Gasteiger partial charge in [0.05, 0.1) is 39.7 Å². The minimum absolute atomic E-state index is 0.00916. The number of hydrogen-bond acceptors (Lipinski definition) is 8. The number of fused-ring (bicyclic) bond motifs is 1. The van der Waals surface area contributed by atoms with E-state index in [4.69, 9.17) is 38.9 Å². The van der Waals surface area contributed by atoms with Crippen molar-refractivity contribution in [3.05, 3.63) is 33.9 Å². The molecule has 0 radical (unpaired) electrons. The number of halogens is 2. The van der Waals surface area contributed by atoms with Crippen LogP contribution in [0.25, 0.3) is 11.2 Å². The number of nitrogens with two attached hydrogens (primary N) is 1. The number of benzene rings is 1. The van der Waals surface area contributed by atoms with Crippen molar-refractivity contribution in [3.8, 4) is 6.07 Å². The van der Waals surface area contributed by atoms with Gasteiger partial charge in [-0.3, -0.25) is 9.36 Å². The molecular weight excluding hydrogens is 527 g/mol. The fourth-order valence-electron chi connectivity index (χ4n) is 5.49. The lowest BCUT2D eigenvalue weighted by molar-refractivity contribution is -0.128. The highest BCUT2D eigenvalue weighted by Crippen LogP contribution is 2.43. The van der Waals surface area contributed by atoms with Gasteiger partial charge in [-0.15, -0.1) is 0 Å². The molecule has 0 bridgehead atoms. The van der Waals surface area contributed by atoms with Gasteiger partial charge in [-0.1, -0.05) is 30.1 Å². The summed E-state index contributed by atoms with van der Waals surface area (Å²) in [6.45, 7) is 1.91. The van der Waals surface area contributed by atoms with E-state index in [-0.39, 0.29) is 24.1 Å². The predicted octanol–water partition coefficient (Wildman–Crippen LogP) is 5.07. The number of primary amides is 1. The molecule has 2 aromatic heterocycles. The number of hydrogen-bond donors (Lipinski definition) is 4. The summed E-state index contributed by atoms with van der Waals surface area (Å²) < 4.78 is 2.02.